The van der Waals surface area contributed by atoms with Crippen molar-refractivity contribution in [2.24, 2.45) is 0 Å². The van der Waals surface area contributed by atoms with E-state index >= 15 is 0 Å². The maximum Gasteiger partial charge on any atom is 0.159 e. The highest BCUT2D eigenvalue weighted by molar-refractivity contribution is 6.31. The lowest BCUT2D eigenvalue weighted by molar-refractivity contribution is 0.101. The number of hydrogen-bond donors (Lipinski definition) is 1. The Morgan fingerprint density at radius 3 is 2.83 bits per heavy atom. The number of halogens is 1. The van der Waals surface area contributed by atoms with Crippen LogP contribution in [0.15, 0.2) is 60.8 Å². The number of ketones is 1. The molecule has 0 bridgehead atoms. The molecule has 1 aliphatic rings. The SMILES string of the molecule is CC(=O)c1cccc(C2NCc3c(Cl)cccc3-n3cccc32)c1. The normalized spacial score (nSPS) is 16.2. The first-order valence-electron chi connectivity index (χ1n) is 7.94. The molecule has 120 valence electrons. The van der Waals surface area contributed by atoms with Crippen LogP contribution in [0, 0.1) is 0 Å². The van der Waals surface area contributed by atoms with Gasteiger partial charge >= 0.3 is 0 Å². The highest BCUT2D eigenvalue weighted by atomic mass is 35.5. The van der Waals surface area contributed by atoms with Gasteiger partial charge in [-0.1, -0.05) is 35.9 Å². The van der Waals surface area contributed by atoms with Crippen LogP contribution in [0.25, 0.3) is 5.69 Å². The number of nitrogens with one attached hydrogen (secondary N) is 1. The molecule has 2 heterocycles. The molecular formula is C20H17ClN2O. The van der Waals surface area contributed by atoms with Crippen molar-refractivity contribution in [1.29, 1.82) is 0 Å². The van der Waals surface area contributed by atoms with Crippen LogP contribution in [-0.2, 0) is 6.54 Å². The van der Waals surface area contributed by atoms with Crippen LogP contribution in [0.1, 0.15) is 40.1 Å². The van der Waals surface area contributed by atoms with E-state index in [0.717, 1.165) is 33.1 Å². The van der Waals surface area contributed by atoms with Crippen molar-refractivity contribution < 1.29 is 4.79 Å². The first kappa shape index (κ1) is 15.2. The van der Waals surface area contributed by atoms with Crippen molar-refractivity contribution in [3.8, 4) is 5.69 Å². The molecular weight excluding hydrogens is 320 g/mol. The Balaban J connectivity index is 1.85. The third-order valence-electron chi connectivity index (χ3n) is 4.54. The monoisotopic (exact) mass is 336 g/mol. The van der Waals surface area contributed by atoms with Crippen molar-refractivity contribution in [1.82, 2.24) is 9.88 Å². The minimum absolute atomic E-state index is 0.00256. The second kappa shape index (κ2) is 5.93. The average molecular weight is 337 g/mol. The molecule has 0 radical (unpaired) electrons. The molecule has 1 N–H and O–H groups in total. The molecule has 3 aromatic rings. The summed E-state index contributed by atoms with van der Waals surface area (Å²) in [6, 6.07) is 17.9. The predicted molar refractivity (Wildman–Crippen MR) is 95.9 cm³/mol. The van der Waals surface area contributed by atoms with Gasteiger partial charge in [-0.25, -0.2) is 0 Å². The van der Waals surface area contributed by atoms with E-state index in [9.17, 15) is 4.79 Å². The number of aromatic nitrogens is 1. The molecule has 1 unspecified atom stereocenters. The van der Waals surface area contributed by atoms with E-state index in [4.69, 9.17) is 11.6 Å². The zero-order chi connectivity index (χ0) is 16.7. The molecule has 0 saturated heterocycles. The van der Waals surface area contributed by atoms with E-state index in [-0.39, 0.29) is 11.8 Å². The van der Waals surface area contributed by atoms with Crippen LogP contribution < -0.4 is 5.32 Å². The number of benzene rings is 2. The van der Waals surface area contributed by atoms with Gasteiger partial charge < -0.3 is 9.88 Å². The first-order valence-corrected chi connectivity index (χ1v) is 8.32. The van der Waals surface area contributed by atoms with Gasteiger partial charge in [-0.2, -0.15) is 0 Å². The van der Waals surface area contributed by atoms with Gasteiger partial charge in [0, 0.05) is 34.6 Å². The lowest BCUT2D eigenvalue weighted by Crippen LogP contribution is -2.21. The zero-order valence-electron chi connectivity index (χ0n) is 13.3. The third kappa shape index (κ3) is 2.46. The second-order valence-electron chi connectivity index (χ2n) is 6.04. The summed E-state index contributed by atoms with van der Waals surface area (Å²) >= 11 is 6.41. The Bertz CT molecular complexity index is 929. The summed E-state index contributed by atoms with van der Waals surface area (Å²) in [5, 5.41) is 4.35. The molecule has 1 aliphatic heterocycles. The van der Waals surface area contributed by atoms with Crippen LogP contribution in [0.2, 0.25) is 5.02 Å². The standard InChI is InChI=1S/C20H17ClN2O/c1-13(24)14-5-2-6-15(11-14)20-19-9-4-10-23(19)18-8-3-7-17(21)16(18)12-22-20/h2-11,20,22H,12H2,1H3. The topological polar surface area (TPSA) is 34.0 Å². The first-order chi connectivity index (χ1) is 11.6. The highest BCUT2D eigenvalue weighted by Crippen LogP contribution is 2.33. The lowest BCUT2D eigenvalue weighted by Gasteiger charge is -2.18. The molecule has 24 heavy (non-hydrogen) atoms. The highest BCUT2D eigenvalue weighted by Gasteiger charge is 2.24. The summed E-state index contributed by atoms with van der Waals surface area (Å²) in [6.07, 6.45) is 2.05. The molecule has 3 nitrogen and oxygen atoms in total. The van der Waals surface area contributed by atoms with E-state index in [0.29, 0.717) is 6.54 Å². The average Bonchev–Trinajstić information content (AvgIpc) is 3.00. The summed E-state index contributed by atoms with van der Waals surface area (Å²) in [6.45, 7) is 2.27. The minimum atomic E-state index is 0.00256. The molecule has 1 aromatic heterocycles. The number of rotatable bonds is 2. The Labute approximate surface area is 145 Å². The molecule has 4 rings (SSSR count). The van der Waals surface area contributed by atoms with E-state index < -0.39 is 0 Å². The van der Waals surface area contributed by atoms with Crippen LogP contribution >= 0.6 is 11.6 Å². The van der Waals surface area contributed by atoms with Gasteiger partial charge in [0.1, 0.15) is 0 Å². The fourth-order valence-corrected chi connectivity index (χ4v) is 3.57. The molecule has 2 aromatic carbocycles. The fourth-order valence-electron chi connectivity index (χ4n) is 3.33. The fraction of sp³-hybridized carbons (Fsp3) is 0.150. The van der Waals surface area contributed by atoms with Gasteiger partial charge in [-0.05, 0) is 42.8 Å². The Kier molecular flexibility index (Phi) is 3.75. The third-order valence-corrected chi connectivity index (χ3v) is 4.89. The number of carbonyl (C=O) groups is 1. The van der Waals surface area contributed by atoms with Gasteiger partial charge in [0.15, 0.2) is 5.78 Å². The molecule has 0 fully saturated rings. The lowest BCUT2D eigenvalue weighted by atomic mass is 10.00. The number of nitrogens with zero attached hydrogens (tertiary/aromatic N) is 1. The molecule has 0 saturated carbocycles. The van der Waals surface area contributed by atoms with Gasteiger partial charge in [0.2, 0.25) is 0 Å². The maximum atomic E-state index is 11.7. The summed E-state index contributed by atoms with van der Waals surface area (Å²) in [7, 11) is 0. The van der Waals surface area contributed by atoms with Gasteiger partial charge in [0.05, 0.1) is 11.7 Å². The quantitative estimate of drug-likeness (QED) is 0.698. The van der Waals surface area contributed by atoms with Crippen molar-refractivity contribution in [2.45, 2.75) is 19.5 Å². The van der Waals surface area contributed by atoms with Crippen molar-refractivity contribution in [2.75, 3.05) is 0 Å². The number of hydrogen-bond acceptors (Lipinski definition) is 2. The van der Waals surface area contributed by atoms with E-state index in [1.165, 1.54) is 0 Å². The van der Waals surface area contributed by atoms with Gasteiger partial charge in [-0.3, -0.25) is 4.79 Å². The molecule has 0 spiro atoms. The smallest absolute Gasteiger partial charge is 0.159 e. The van der Waals surface area contributed by atoms with E-state index in [2.05, 4.69) is 34.3 Å². The van der Waals surface area contributed by atoms with E-state index in [1.54, 1.807) is 6.92 Å². The second-order valence-corrected chi connectivity index (χ2v) is 6.44. The van der Waals surface area contributed by atoms with Crippen LogP contribution in [-0.4, -0.2) is 10.4 Å². The van der Waals surface area contributed by atoms with Gasteiger partial charge in [0.25, 0.3) is 0 Å². The number of Topliss-reactive ketones (excluding diaryl/α,β-unsaturated/α-hetero) is 1. The van der Waals surface area contributed by atoms with Crippen molar-refractivity contribution in [3.63, 3.8) is 0 Å². The summed E-state index contributed by atoms with van der Waals surface area (Å²) in [5.41, 5.74) is 5.12. The summed E-state index contributed by atoms with van der Waals surface area (Å²) in [4.78, 5) is 11.7. The molecule has 0 amide bonds. The molecule has 4 heteroatoms. The number of fused-ring (bicyclic) bond motifs is 3. The predicted octanol–water partition coefficient (Wildman–Crippen LogP) is 4.53. The maximum absolute atomic E-state index is 11.7. The number of carbonyl (C=O) groups excluding carboxylic acids is 1. The molecule has 0 aliphatic carbocycles. The van der Waals surface area contributed by atoms with Crippen LogP contribution in [0.5, 0.6) is 0 Å². The van der Waals surface area contributed by atoms with Crippen LogP contribution in [0.3, 0.4) is 0 Å². The van der Waals surface area contributed by atoms with Crippen molar-refractivity contribution >= 4 is 17.4 Å². The molecule has 1 atom stereocenters. The Morgan fingerprint density at radius 1 is 1.17 bits per heavy atom. The Morgan fingerprint density at radius 2 is 2.00 bits per heavy atom. The summed E-state index contributed by atoms with van der Waals surface area (Å²) in [5.74, 6) is 0.0761. The minimum Gasteiger partial charge on any atom is -0.319 e. The van der Waals surface area contributed by atoms with Gasteiger partial charge in [-0.15, -0.1) is 0 Å². The Hall–Kier alpha value is -2.36. The van der Waals surface area contributed by atoms with E-state index in [1.807, 2.05) is 36.4 Å². The zero-order valence-corrected chi connectivity index (χ0v) is 14.0. The summed E-state index contributed by atoms with van der Waals surface area (Å²) < 4.78 is 2.17. The van der Waals surface area contributed by atoms with Crippen LogP contribution in [0.4, 0.5) is 0 Å². The largest absolute Gasteiger partial charge is 0.319 e. The van der Waals surface area contributed by atoms with Crippen molar-refractivity contribution in [3.05, 3.63) is 88.2 Å².